The van der Waals surface area contributed by atoms with E-state index in [1.54, 1.807) is 0 Å². The molecule has 2 aromatic rings. The predicted octanol–water partition coefficient (Wildman–Crippen LogP) is 2.29. The van der Waals surface area contributed by atoms with Gasteiger partial charge in [-0.05, 0) is 43.9 Å². The lowest BCUT2D eigenvalue weighted by Crippen LogP contribution is -2.33. The van der Waals surface area contributed by atoms with Crippen LogP contribution in [0, 0.1) is 5.92 Å². The molecule has 2 fully saturated rings. The lowest BCUT2D eigenvalue weighted by Gasteiger charge is -2.24. The fourth-order valence-electron chi connectivity index (χ4n) is 3.79. The number of aromatic nitrogens is 2. The maximum absolute atomic E-state index is 9.76. The summed E-state index contributed by atoms with van der Waals surface area (Å²) < 4.78 is 2.29. The number of likely N-dealkylation sites (N-methyl/N-ethyl adjacent to an activating group) is 1. The van der Waals surface area contributed by atoms with Gasteiger partial charge in [0.1, 0.15) is 5.82 Å². The van der Waals surface area contributed by atoms with Gasteiger partial charge in [0.15, 0.2) is 0 Å². The second-order valence-electron chi connectivity index (χ2n) is 7.52. The minimum Gasteiger partial charge on any atom is -0.392 e. The molecule has 0 radical (unpaired) electrons. The van der Waals surface area contributed by atoms with Crippen LogP contribution in [0.1, 0.15) is 30.9 Å². The monoisotopic (exact) mass is 340 g/mol. The molecule has 5 heteroatoms. The van der Waals surface area contributed by atoms with Gasteiger partial charge in [-0.1, -0.05) is 18.2 Å². The molecule has 0 spiro atoms. The number of aliphatic hydroxyl groups excluding tert-OH is 1. The van der Waals surface area contributed by atoms with E-state index in [0.717, 1.165) is 44.3 Å². The van der Waals surface area contributed by atoms with Crippen molar-refractivity contribution in [2.75, 3.05) is 26.7 Å². The summed E-state index contributed by atoms with van der Waals surface area (Å²) in [4.78, 5) is 6.95. The van der Waals surface area contributed by atoms with Gasteiger partial charge >= 0.3 is 0 Å². The molecule has 25 heavy (non-hydrogen) atoms. The average Bonchev–Trinajstić information content (AvgIpc) is 3.15. The molecule has 1 aromatic carbocycles. The quantitative estimate of drug-likeness (QED) is 0.812. The number of hydrogen-bond acceptors (Lipinski definition) is 4. The molecular weight excluding hydrogens is 312 g/mol. The number of likely N-dealkylation sites (tertiary alicyclic amines) is 1. The summed E-state index contributed by atoms with van der Waals surface area (Å²) in [6, 6.07) is 8.99. The lowest BCUT2D eigenvalue weighted by molar-refractivity contribution is 0.173. The SMILES string of the molecule is CN[C@@H](CN1CC[C@H](O)C1)c1cccc(-c2nccn2CC2CC2)c1. The number of imidazole rings is 1. The maximum atomic E-state index is 9.76. The predicted molar refractivity (Wildman–Crippen MR) is 99.3 cm³/mol. The third-order valence-electron chi connectivity index (χ3n) is 5.45. The van der Waals surface area contributed by atoms with Crippen molar-refractivity contribution in [3.8, 4) is 11.4 Å². The van der Waals surface area contributed by atoms with Crippen LogP contribution in [0.2, 0.25) is 0 Å². The normalized spacial score (nSPS) is 22.4. The number of aliphatic hydroxyl groups is 1. The fourth-order valence-corrected chi connectivity index (χ4v) is 3.79. The van der Waals surface area contributed by atoms with Crippen molar-refractivity contribution in [1.82, 2.24) is 19.8 Å². The number of nitrogens with zero attached hydrogens (tertiary/aromatic N) is 3. The molecule has 5 nitrogen and oxygen atoms in total. The molecule has 2 N–H and O–H groups in total. The largest absolute Gasteiger partial charge is 0.392 e. The number of β-amino-alcohol motifs (C(OH)–C–C–N with tert-alkyl or cyclic N) is 1. The summed E-state index contributed by atoms with van der Waals surface area (Å²) in [5, 5.41) is 13.2. The Bertz CT molecular complexity index is 709. The highest BCUT2D eigenvalue weighted by Gasteiger charge is 2.24. The van der Waals surface area contributed by atoms with E-state index in [-0.39, 0.29) is 12.1 Å². The lowest BCUT2D eigenvalue weighted by atomic mass is 10.0. The molecule has 0 bridgehead atoms. The highest BCUT2D eigenvalue weighted by Crippen LogP contribution is 2.32. The zero-order valence-electron chi connectivity index (χ0n) is 14.9. The van der Waals surface area contributed by atoms with E-state index in [0.29, 0.717) is 0 Å². The first-order chi connectivity index (χ1) is 12.2. The van der Waals surface area contributed by atoms with E-state index >= 15 is 0 Å². The van der Waals surface area contributed by atoms with E-state index in [2.05, 4.69) is 50.2 Å². The van der Waals surface area contributed by atoms with Crippen LogP contribution < -0.4 is 5.32 Å². The molecule has 134 valence electrons. The molecule has 1 aromatic heterocycles. The summed E-state index contributed by atoms with van der Waals surface area (Å²) in [6.07, 6.45) is 7.42. The second-order valence-corrected chi connectivity index (χ2v) is 7.52. The maximum Gasteiger partial charge on any atom is 0.139 e. The van der Waals surface area contributed by atoms with Crippen molar-refractivity contribution in [3.63, 3.8) is 0 Å². The van der Waals surface area contributed by atoms with Gasteiger partial charge < -0.3 is 15.0 Å². The highest BCUT2D eigenvalue weighted by molar-refractivity contribution is 5.57. The number of hydrogen-bond donors (Lipinski definition) is 2. The van der Waals surface area contributed by atoms with E-state index in [1.165, 1.54) is 24.0 Å². The van der Waals surface area contributed by atoms with Crippen LogP contribution in [0.4, 0.5) is 0 Å². The number of rotatable bonds is 7. The molecule has 2 heterocycles. The second kappa shape index (κ2) is 7.28. The highest BCUT2D eigenvalue weighted by atomic mass is 16.3. The van der Waals surface area contributed by atoms with Crippen molar-refractivity contribution in [3.05, 3.63) is 42.2 Å². The van der Waals surface area contributed by atoms with Crippen LogP contribution in [-0.4, -0.2) is 52.3 Å². The Kier molecular flexibility index (Phi) is 4.88. The van der Waals surface area contributed by atoms with E-state index in [1.807, 2.05) is 13.2 Å². The summed E-state index contributed by atoms with van der Waals surface area (Å²) in [5.74, 6) is 1.91. The minimum absolute atomic E-state index is 0.168. The molecule has 0 unspecified atom stereocenters. The van der Waals surface area contributed by atoms with Crippen molar-refractivity contribution in [2.24, 2.45) is 5.92 Å². The molecule has 1 saturated heterocycles. The van der Waals surface area contributed by atoms with Gasteiger partial charge in [0, 0.05) is 50.2 Å². The Balaban J connectivity index is 1.52. The zero-order valence-corrected chi connectivity index (χ0v) is 14.9. The van der Waals surface area contributed by atoms with E-state index in [4.69, 9.17) is 0 Å². The van der Waals surface area contributed by atoms with Gasteiger partial charge in [0.2, 0.25) is 0 Å². The third kappa shape index (κ3) is 3.94. The first kappa shape index (κ1) is 16.8. The molecule has 2 aliphatic rings. The smallest absolute Gasteiger partial charge is 0.139 e. The zero-order chi connectivity index (χ0) is 17.2. The van der Waals surface area contributed by atoms with Crippen molar-refractivity contribution in [2.45, 2.75) is 38.0 Å². The molecular formula is C20H28N4O. The molecule has 1 saturated carbocycles. The van der Waals surface area contributed by atoms with Gasteiger partial charge in [-0.25, -0.2) is 4.98 Å². The van der Waals surface area contributed by atoms with Gasteiger partial charge in [0.25, 0.3) is 0 Å². The fraction of sp³-hybridized carbons (Fsp3) is 0.550. The molecule has 1 aliphatic heterocycles. The van der Waals surface area contributed by atoms with Crippen LogP contribution in [-0.2, 0) is 6.54 Å². The first-order valence-electron chi connectivity index (χ1n) is 9.42. The summed E-state index contributed by atoms with van der Waals surface area (Å²) in [7, 11) is 2.01. The molecule has 2 atom stereocenters. The van der Waals surface area contributed by atoms with Gasteiger partial charge in [-0.15, -0.1) is 0 Å². The molecule has 4 rings (SSSR count). The van der Waals surface area contributed by atoms with E-state index in [9.17, 15) is 5.11 Å². The van der Waals surface area contributed by atoms with E-state index < -0.39 is 0 Å². The summed E-state index contributed by atoms with van der Waals surface area (Å²) in [5.41, 5.74) is 2.47. The Morgan fingerprint density at radius 1 is 1.32 bits per heavy atom. The number of benzene rings is 1. The van der Waals surface area contributed by atoms with Gasteiger partial charge in [-0.3, -0.25) is 4.90 Å². The Hall–Kier alpha value is -1.69. The van der Waals surface area contributed by atoms with Crippen molar-refractivity contribution >= 4 is 0 Å². The average molecular weight is 340 g/mol. The minimum atomic E-state index is -0.168. The van der Waals surface area contributed by atoms with Crippen LogP contribution in [0.5, 0.6) is 0 Å². The first-order valence-corrected chi connectivity index (χ1v) is 9.42. The Morgan fingerprint density at radius 2 is 2.20 bits per heavy atom. The standard InChI is InChI=1S/C20H28N4O/c1-21-19(14-23-9-7-18(25)13-23)16-3-2-4-17(11-16)20-22-8-10-24(20)12-15-5-6-15/h2-4,8,10-11,15,18-19,21,25H,5-7,9,12-14H2,1H3/t18-,19-/m0/s1. The van der Waals surface area contributed by atoms with Gasteiger partial charge in [-0.2, -0.15) is 0 Å². The third-order valence-corrected chi connectivity index (χ3v) is 5.45. The summed E-state index contributed by atoms with van der Waals surface area (Å²) >= 11 is 0. The molecule has 1 aliphatic carbocycles. The Labute approximate surface area is 149 Å². The van der Waals surface area contributed by atoms with Crippen LogP contribution in [0.15, 0.2) is 36.7 Å². The summed E-state index contributed by atoms with van der Waals surface area (Å²) in [6.45, 7) is 3.77. The Morgan fingerprint density at radius 3 is 2.92 bits per heavy atom. The van der Waals surface area contributed by atoms with Crippen LogP contribution in [0.25, 0.3) is 11.4 Å². The molecule has 0 amide bonds. The topological polar surface area (TPSA) is 53.3 Å². The van der Waals surface area contributed by atoms with Crippen molar-refractivity contribution in [1.29, 1.82) is 0 Å². The van der Waals surface area contributed by atoms with Crippen LogP contribution in [0.3, 0.4) is 0 Å². The number of nitrogens with one attached hydrogen (secondary N) is 1. The van der Waals surface area contributed by atoms with Crippen LogP contribution >= 0.6 is 0 Å². The van der Waals surface area contributed by atoms with Crippen molar-refractivity contribution < 1.29 is 5.11 Å². The van der Waals surface area contributed by atoms with Gasteiger partial charge in [0.05, 0.1) is 6.10 Å².